The average Bonchev–Trinajstić information content (AvgIpc) is 1.61. The number of pyridine rings is 1. The van der Waals surface area contributed by atoms with Crippen LogP contribution < -0.4 is 0 Å². The number of hydrogen-bond donors (Lipinski definition) is 0. The van der Waals surface area contributed by atoms with Crippen molar-refractivity contribution in [3.05, 3.63) is 528 Å². The van der Waals surface area contributed by atoms with Gasteiger partial charge in [-0.2, -0.15) is 0 Å². The third kappa shape index (κ3) is 13.6. The number of para-hydroxylation sites is 7. The van der Waals surface area contributed by atoms with E-state index in [1.807, 2.05) is 30.5 Å². The summed E-state index contributed by atoms with van der Waals surface area (Å²) in [4.78, 5) is 4.68. The summed E-state index contributed by atoms with van der Waals surface area (Å²) in [6, 6.07) is 188. The minimum atomic E-state index is 0.865. The van der Waals surface area contributed by atoms with Crippen LogP contribution in [0.2, 0.25) is 0 Å². The van der Waals surface area contributed by atoms with Crippen molar-refractivity contribution in [1.82, 2.24) is 14.1 Å². The second-order valence-corrected chi connectivity index (χ2v) is 39.1. The maximum atomic E-state index is 6.94. The van der Waals surface area contributed by atoms with Crippen molar-refractivity contribution >= 4 is 206 Å². The molecule has 6 heteroatoms. The standard InChI is InChI=1S/C54H33NO.C48H29NO.C41H25NO/c1-2-16-38(17-3-1)55-48-24-12-10-18-40(48)41-29-28-36(33-49(41)55)39-30-31-47(53-46-23-11-13-25-50(46)56-54(39)53)52-44-21-8-6-19-42(44)51(43-20-7-9-22-45(43)52)37-27-26-34-14-4-5-15-35(34)32-37;1-2-14-31-29-32(26-25-30(31)13-1)45-35-17-3-5-19-37(35)46(38-20-6-4-18-36(38)45)40-27-28-43(48-47(40)39-21-9-12-24-44(39)50-48)49-41-22-10-7-15-33(41)34-16-8-11-23-42(34)49;1-2-12-27-25-28(21-20-26(27)11-1)38-29-13-3-5-15-31(29)39(32-16-6-4-14-30(32)38)35-23-22-33(36-18-9-10-24-42-36)41-40(35)34-17-7-8-19-37(34)43-41/h1-33H;1-29H;1-25H. The van der Waals surface area contributed by atoms with Gasteiger partial charge in [-0.3, -0.25) is 4.98 Å². The highest BCUT2D eigenvalue weighted by Crippen LogP contribution is 2.55. The lowest BCUT2D eigenvalue weighted by Gasteiger charge is -2.19. The van der Waals surface area contributed by atoms with Gasteiger partial charge >= 0.3 is 0 Å². The van der Waals surface area contributed by atoms with Crippen molar-refractivity contribution in [3.8, 4) is 101 Å². The third-order valence-electron chi connectivity index (χ3n) is 31.0. The van der Waals surface area contributed by atoms with Gasteiger partial charge in [0, 0.05) is 76.9 Å². The lowest BCUT2D eigenvalue weighted by molar-refractivity contribution is 0.666. The van der Waals surface area contributed by atoms with Gasteiger partial charge in [0.1, 0.15) is 27.9 Å². The van der Waals surface area contributed by atoms with Crippen molar-refractivity contribution in [2.45, 2.75) is 0 Å². The Morgan fingerprint density at radius 2 is 0.443 bits per heavy atom. The fourth-order valence-corrected chi connectivity index (χ4v) is 24.6. The number of fused-ring (bicyclic) bond motifs is 24. The Bertz CT molecular complexity index is 11000. The summed E-state index contributed by atoms with van der Waals surface area (Å²) in [7, 11) is 0. The molecular weight excluding hydrogens is 1810 g/mol. The monoisotopic (exact) mass is 1890 g/mol. The zero-order chi connectivity index (χ0) is 97.8. The fraction of sp³-hybridized carbons (Fsp3) is 0. The van der Waals surface area contributed by atoms with E-state index in [-0.39, 0.29) is 0 Å². The first-order valence-corrected chi connectivity index (χ1v) is 51.1. The van der Waals surface area contributed by atoms with Gasteiger partial charge in [0.25, 0.3) is 0 Å². The van der Waals surface area contributed by atoms with Crippen LogP contribution in [0.15, 0.2) is 541 Å². The summed E-state index contributed by atoms with van der Waals surface area (Å²) < 4.78 is 25.2. The van der Waals surface area contributed by atoms with Crippen LogP contribution in [0, 0.1) is 0 Å². The molecule has 0 saturated carbocycles. The minimum Gasteiger partial charge on any atom is -0.455 e. The minimum absolute atomic E-state index is 0.865. The van der Waals surface area contributed by atoms with E-state index in [4.69, 9.17) is 13.3 Å². The molecule has 0 unspecified atom stereocenters. The number of hydrogen-bond acceptors (Lipinski definition) is 4. The van der Waals surface area contributed by atoms with E-state index in [2.05, 4.69) is 512 Å². The summed E-state index contributed by atoms with van der Waals surface area (Å²) in [5.74, 6) is 0. The molecule has 0 atom stereocenters. The molecule has 0 aliphatic carbocycles. The quantitative estimate of drug-likeness (QED) is 0.128. The zero-order valence-electron chi connectivity index (χ0n) is 80.8. The topological polar surface area (TPSA) is 62.2 Å². The maximum Gasteiger partial charge on any atom is 0.160 e. The lowest BCUT2D eigenvalue weighted by Crippen LogP contribution is -1.96. The van der Waals surface area contributed by atoms with Crippen LogP contribution in [-0.4, -0.2) is 14.1 Å². The zero-order valence-corrected chi connectivity index (χ0v) is 80.8. The largest absolute Gasteiger partial charge is 0.455 e. The first-order valence-electron chi connectivity index (χ1n) is 51.1. The van der Waals surface area contributed by atoms with Crippen LogP contribution in [-0.2, 0) is 0 Å². The molecule has 6 aromatic heterocycles. The number of aromatic nitrogens is 3. The van der Waals surface area contributed by atoms with Gasteiger partial charge in [0.05, 0.1) is 33.4 Å². The van der Waals surface area contributed by atoms with E-state index in [1.54, 1.807) is 0 Å². The highest BCUT2D eigenvalue weighted by Gasteiger charge is 2.30. The Labute approximate surface area is 856 Å². The predicted octanol–water partition coefficient (Wildman–Crippen LogP) is 40.1. The fourth-order valence-electron chi connectivity index (χ4n) is 24.6. The van der Waals surface area contributed by atoms with Crippen LogP contribution in [0.5, 0.6) is 0 Å². The molecule has 0 bridgehead atoms. The summed E-state index contributed by atoms with van der Waals surface area (Å²) in [5, 5.41) is 33.9. The molecule has 6 heterocycles. The van der Waals surface area contributed by atoms with E-state index in [0.717, 1.165) is 105 Å². The van der Waals surface area contributed by atoms with Gasteiger partial charge in [0.2, 0.25) is 0 Å². The predicted molar refractivity (Wildman–Crippen MR) is 629 cm³/mol. The van der Waals surface area contributed by atoms with Crippen LogP contribution >= 0.6 is 0 Å². The normalized spacial score (nSPS) is 11.9. The van der Waals surface area contributed by atoms with E-state index in [9.17, 15) is 0 Å². The molecule has 149 heavy (non-hydrogen) atoms. The highest BCUT2D eigenvalue weighted by molar-refractivity contribution is 6.32. The number of rotatable bonds is 10. The molecular formula is C143H87N3O3. The second kappa shape index (κ2) is 34.5. The molecule has 692 valence electrons. The van der Waals surface area contributed by atoms with Crippen molar-refractivity contribution in [1.29, 1.82) is 0 Å². The van der Waals surface area contributed by atoms with Crippen molar-refractivity contribution in [2.75, 3.05) is 0 Å². The van der Waals surface area contributed by atoms with Gasteiger partial charge in [0.15, 0.2) is 5.58 Å². The number of benzene rings is 26. The summed E-state index contributed by atoms with van der Waals surface area (Å²) in [5.41, 5.74) is 30.9. The van der Waals surface area contributed by atoms with Crippen LogP contribution in [0.1, 0.15) is 0 Å². The molecule has 6 nitrogen and oxygen atoms in total. The van der Waals surface area contributed by atoms with Gasteiger partial charge in [-0.25, -0.2) is 0 Å². The molecule has 0 N–H and O–H groups in total. The van der Waals surface area contributed by atoms with Crippen molar-refractivity contribution < 1.29 is 13.3 Å². The number of furan rings is 3. The maximum absolute atomic E-state index is 6.94. The molecule has 26 aromatic carbocycles. The molecule has 0 aliphatic heterocycles. The van der Waals surface area contributed by atoms with Gasteiger partial charge in [-0.05, 0) is 272 Å². The Hall–Kier alpha value is -19.8. The van der Waals surface area contributed by atoms with Gasteiger partial charge in [-0.15, -0.1) is 0 Å². The smallest absolute Gasteiger partial charge is 0.160 e. The van der Waals surface area contributed by atoms with Crippen LogP contribution in [0.25, 0.3) is 307 Å². The van der Waals surface area contributed by atoms with E-state index >= 15 is 0 Å². The first kappa shape index (κ1) is 84.9. The van der Waals surface area contributed by atoms with Crippen LogP contribution in [0.3, 0.4) is 0 Å². The first-order chi connectivity index (χ1) is 74.0. The summed E-state index contributed by atoms with van der Waals surface area (Å²) in [6.45, 7) is 0. The molecule has 0 amide bonds. The van der Waals surface area contributed by atoms with Crippen molar-refractivity contribution in [3.63, 3.8) is 0 Å². The van der Waals surface area contributed by atoms with Gasteiger partial charge in [-0.1, -0.05) is 419 Å². The SMILES string of the molecule is c1ccc(-c2ccc(-c3c4ccccc4c(-c4ccc5ccccc5c4)c4ccccc34)c3c2oc2ccccc23)nc1.c1ccc(-n2c3ccccc3c3ccc(-c4ccc(-c5c6ccccc6c(-c6ccc7ccccc7c6)c6ccccc56)c5c4oc4ccccc45)cc32)cc1.c1ccc2cc(-c3c4ccccc4c(-c4ccc(-n5c6ccccc6c6ccccc65)c5oc6ccccc6c45)c4ccccc34)ccc2c1. The molecule has 32 aromatic rings. The Balaban J connectivity index is 0.000000104. The molecule has 0 radical (unpaired) electrons. The molecule has 32 rings (SSSR count). The molecule has 0 saturated heterocycles. The number of nitrogens with zero attached hydrogens (tertiary/aromatic N) is 3. The molecule has 0 aliphatic rings. The van der Waals surface area contributed by atoms with E-state index < -0.39 is 0 Å². The highest BCUT2D eigenvalue weighted by atomic mass is 16.3. The van der Waals surface area contributed by atoms with E-state index in [1.165, 1.54) is 202 Å². The van der Waals surface area contributed by atoms with Gasteiger partial charge < -0.3 is 22.4 Å². The lowest BCUT2D eigenvalue weighted by atomic mass is 9.84. The average molecular weight is 1900 g/mol. The Morgan fingerprint density at radius 1 is 0.161 bits per heavy atom. The Morgan fingerprint density at radius 3 is 0.832 bits per heavy atom. The summed E-state index contributed by atoms with van der Waals surface area (Å²) in [6.07, 6.45) is 1.84. The van der Waals surface area contributed by atoms with Crippen LogP contribution in [0.4, 0.5) is 0 Å². The third-order valence-corrected chi connectivity index (χ3v) is 31.0. The summed E-state index contributed by atoms with van der Waals surface area (Å²) >= 11 is 0. The van der Waals surface area contributed by atoms with Crippen molar-refractivity contribution in [2.24, 2.45) is 0 Å². The molecule has 0 spiro atoms. The van der Waals surface area contributed by atoms with E-state index in [0.29, 0.717) is 0 Å². The molecule has 0 fully saturated rings. The Kier molecular flexibility index (Phi) is 19.7. The second-order valence-electron chi connectivity index (χ2n) is 39.1.